The molecule has 7 nitrogen and oxygen atoms in total. The Morgan fingerprint density at radius 3 is 1.11 bits per heavy atom. The number of rotatable bonds is 72. The Morgan fingerprint density at radius 1 is 0.366 bits per heavy atom. The zero-order valence-corrected chi connectivity index (χ0v) is 95.8. The zero-order chi connectivity index (χ0) is 74.3. The van der Waals surface area contributed by atoms with E-state index in [-0.39, 0.29) is 35.2 Å². The summed E-state index contributed by atoms with van der Waals surface area (Å²) in [6.45, 7) is 53.8. The molecule has 0 saturated carbocycles. The van der Waals surface area contributed by atoms with E-state index in [0.717, 1.165) is 85.5 Å². The third kappa shape index (κ3) is 60.5. The predicted molar refractivity (Wildman–Crippen MR) is 540 cm³/mol. The van der Waals surface area contributed by atoms with Crippen molar-refractivity contribution in [1.29, 1.82) is 0 Å². The van der Waals surface area contributed by atoms with Gasteiger partial charge in [-0.05, 0) is 308 Å². The van der Waals surface area contributed by atoms with Crippen molar-refractivity contribution in [3.63, 3.8) is 0 Å². The Balaban J connectivity index is -0.000000226. The molecule has 2 saturated heterocycles. The summed E-state index contributed by atoms with van der Waals surface area (Å²) in [6.07, 6.45) is 48.4. The Bertz CT molecular complexity index is 1630. The molecule has 0 aromatic rings. The largest absolute Gasteiger partial charge is 0.304 e. The predicted octanol–water partition coefficient (Wildman–Crippen LogP) is 10.5. The lowest BCUT2D eigenvalue weighted by Gasteiger charge is -2.33. The maximum atomic E-state index is 2.86. The number of nitrogens with zero attached hydrogens (tertiary/aromatic N) is 7. The van der Waals surface area contributed by atoms with Crippen LogP contribution in [-0.4, -0.2) is 311 Å². The fourth-order valence-corrected chi connectivity index (χ4v) is 389. The van der Waals surface area contributed by atoms with Crippen LogP contribution in [0.2, 0.25) is 53.0 Å². The molecule has 7 atom stereocenters. The van der Waals surface area contributed by atoms with Crippen LogP contribution in [0, 0.1) is 0 Å². The molecule has 2 fully saturated rings. The van der Waals surface area contributed by atoms with E-state index >= 15 is 0 Å². The highest BCUT2D eigenvalue weighted by Crippen LogP contribution is 2.23. The van der Waals surface area contributed by atoms with Gasteiger partial charge < -0.3 is 34.3 Å². The van der Waals surface area contributed by atoms with Crippen molar-refractivity contribution < 1.29 is 9.99 Å². The highest BCUT2D eigenvalue weighted by Gasteiger charge is 2.27. The molecule has 2 rings (SSSR count). The third-order valence-corrected chi connectivity index (χ3v) is 225. The Kier molecular flexibility index (Phi) is 82.3. The van der Waals surface area contributed by atoms with E-state index in [2.05, 4.69) is 155 Å². The minimum absolute atomic E-state index is 0. The first kappa shape index (κ1) is 104. The molecule has 0 bridgehead atoms. The van der Waals surface area contributed by atoms with Gasteiger partial charge in [0.1, 0.15) is 0 Å². The van der Waals surface area contributed by atoms with Crippen molar-refractivity contribution in [1.82, 2.24) is 34.3 Å². The molecule has 622 valence electrons. The van der Waals surface area contributed by atoms with Gasteiger partial charge in [0.25, 0.3) is 0 Å². The van der Waals surface area contributed by atoms with Gasteiger partial charge in [-0.25, -0.2) is 0 Å². The Morgan fingerprint density at radius 2 is 0.743 bits per heavy atom. The van der Waals surface area contributed by atoms with Crippen molar-refractivity contribution in [3.05, 3.63) is 0 Å². The van der Waals surface area contributed by atoms with Gasteiger partial charge in [-0.1, -0.05) is 220 Å². The normalized spacial score (nSPS) is 19.5. The highest BCUT2D eigenvalue weighted by atomic mass is 30.0. The Labute approximate surface area is 683 Å². The Hall–Kier alpha value is 3.19. The molecule has 2 aliphatic heterocycles. The molecular formula is C78H211N7Si16. The van der Waals surface area contributed by atoms with Crippen LogP contribution in [0.3, 0.4) is 0 Å². The van der Waals surface area contributed by atoms with E-state index < -0.39 is 0 Å². The molecule has 0 aromatic heterocycles. The van der Waals surface area contributed by atoms with Crippen LogP contribution in [0.25, 0.3) is 0 Å². The summed E-state index contributed by atoms with van der Waals surface area (Å²) in [4.78, 5) is 19.4. The maximum absolute atomic E-state index is 2.86. The van der Waals surface area contributed by atoms with Crippen LogP contribution in [0.5, 0.6) is 0 Å². The lowest BCUT2D eigenvalue weighted by atomic mass is 9.97. The number of hydrogen-bond donors (Lipinski definition) is 0. The van der Waals surface area contributed by atoms with Crippen molar-refractivity contribution in [2.24, 2.45) is 0 Å². The smallest absolute Gasteiger partial charge is 0.0185 e. The van der Waals surface area contributed by atoms with Gasteiger partial charge in [-0.15, -0.1) is 0 Å². The van der Waals surface area contributed by atoms with Crippen LogP contribution < -0.4 is 0 Å². The summed E-state index contributed by atoms with van der Waals surface area (Å²) in [6, 6.07) is 8.53. The summed E-state index contributed by atoms with van der Waals surface area (Å²) in [5.41, 5.74) is 10.3. The fraction of sp³-hybridized carbons (Fsp3) is 1.00. The van der Waals surface area contributed by atoms with Gasteiger partial charge >= 0.3 is 0 Å². The van der Waals surface area contributed by atoms with Gasteiger partial charge in [0.2, 0.25) is 0 Å². The minimum atomic E-state index is 0. The maximum Gasteiger partial charge on any atom is 0.0185 e. The molecule has 0 radical (unpaired) electrons. The molecule has 23 heteroatoms. The van der Waals surface area contributed by atoms with E-state index in [1.807, 2.05) is 17.4 Å². The second-order valence-electron chi connectivity index (χ2n) is 33.9. The van der Waals surface area contributed by atoms with Gasteiger partial charge in [-0.3, -0.25) is 0 Å². The van der Waals surface area contributed by atoms with Crippen molar-refractivity contribution in [2.75, 3.05) is 112 Å². The van der Waals surface area contributed by atoms with Gasteiger partial charge in [0.15, 0.2) is 0 Å². The fourth-order valence-electron chi connectivity index (χ4n) is 18.6. The first-order valence-corrected chi connectivity index (χ1v) is 96.9. The standard InChI is InChI=1S/C35H77N3Si.C30H65N3.C13H55NSi15.7H2/c1-7-26-36(27-8-2)32-21-25-35(38(30-11-5)31-12-6)24-18-14-13-17-22-34(23-19-15-16-20-33-39)37(28-9-3)29-10-4;1-7-22-31(23-8-2)28-18-16-14-13-15-17-20-30(33(26-11-5)27-12-6)21-19-29-32(24-9-3)25-10-4;1-4-5-14(2)13(6-15-3)7-19-28-22-12-27(25-26-28)11-17-8-16-9-20-29-21-10-18-23-24-29;;;;;;;/h34-35H,7-33H2,1-6,39H3;30H,7-29H2,1-6H3;13,27-29H,4-12,15-26H2,1-3H3;7*1H. The first-order valence-electron chi connectivity index (χ1n) is 47.6. The molecule has 2 aliphatic rings. The van der Waals surface area contributed by atoms with Crippen LogP contribution in [0.15, 0.2) is 0 Å². The number of hydrogen-bond acceptors (Lipinski definition) is 7. The molecule has 0 aromatic carbocycles. The summed E-state index contributed by atoms with van der Waals surface area (Å²) in [7, 11) is 12.5. The van der Waals surface area contributed by atoms with Crippen LogP contribution in [-0.2, 0) is 0 Å². The summed E-state index contributed by atoms with van der Waals surface area (Å²) >= 11 is 0. The van der Waals surface area contributed by atoms with E-state index in [0.29, 0.717) is 44.5 Å². The SMILES string of the molecule is CCCN(C)C(C[SiH2]C)C[SiH2][SiH]1[SiH2]C[SiH](C[SiH2]C[SiH2]C[SiH2][SiH]2[SiH2]C[SiH2][SiH2][SiH2]2)[SiH2][SiH2]1.CCCN(CCC)CCCC(CCCCCCC(CCCCCC[SiH3])N(CCC)CCC)N(CCC)CCC.CCCN(CCC)CCCCCCCCC(CCCN(CCC)CCC)N(CCC)CCC.[HH].[HH].[HH].[HH].[HH].[HH].[HH]. The van der Waals surface area contributed by atoms with Gasteiger partial charge in [-0.2, -0.15) is 0 Å². The quantitative estimate of drug-likeness (QED) is 0.0442. The van der Waals surface area contributed by atoms with E-state index in [1.54, 1.807) is 6.04 Å². The second kappa shape index (κ2) is 79.8. The minimum Gasteiger partial charge on any atom is -0.304 e. The van der Waals surface area contributed by atoms with E-state index in [1.165, 1.54) is 346 Å². The highest BCUT2D eigenvalue weighted by molar-refractivity contribution is 7.76. The van der Waals surface area contributed by atoms with Crippen LogP contribution >= 0.6 is 0 Å². The summed E-state index contributed by atoms with van der Waals surface area (Å²) in [5.74, 6) is 0. The van der Waals surface area contributed by atoms with E-state index in [4.69, 9.17) is 0 Å². The lowest BCUT2D eigenvalue weighted by Crippen LogP contribution is -2.53. The summed E-state index contributed by atoms with van der Waals surface area (Å²) < 4.78 is 0. The second-order valence-corrected chi connectivity index (χ2v) is 146. The van der Waals surface area contributed by atoms with Gasteiger partial charge in [0, 0.05) is 126 Å². The lowest BCUT2D eigenvalue weighted by molar-refractivity contribution is 0.162. The average molecular weight is 1700 g/mol. The van der Waals surface area contributed by atoms with E-state index in [9.17, 15) is 0 Å². The zero-order valence-electron chi connectivity index (χ0n) is 73.4. The molecule has 0 spiro atoms. The van der Waals surface area contributed by atoms with Crippen molar-refractivity contribution in [2.45, 2.75) is 392 Å². The van der Waals surface area contributed by atoms with Crippen molar-refractivity contribution >= 4 is 141 Å². The topological polar surface area (TPSA) is 22.7 Å². The van der Waals surface area contributed by atoms with Crippen molar-refractivity contribution in [3.8, 4) is 0 Å². The third-order valence-electron chi connectivity index (χ3n) is 24.0. The molecule has 7 unspecified atom stereocenters. The first-order chi connectivity index (χ1) is 49.5. The molecule has 0 N–H and O–H groups in total. The monoisotopic (exact) mass is 1690 g/mol. The molecule has 0 amide bonds. The summed E-state index contributed by atoms with van der Waals surface area (Å²) in [5, 5.41) is 0. The molecule has 101 heavy (non-hydrogen) atoms. The number of unbranched alkanes of at least 4 members (excludes halogenated alkanes) is 11. The van der Waals surface area contributed by atoms with Crippen LogP contribution in [0.1, 0.15) is 325 Å². The molecule has 0 aliphatic carbocycles. The van der Waals surface area contributed by atoms with Crippen LogP contribution in [0.4, 0.5) is 0 Å². The molecular weight excluding hydrogens is 1480 g/mol. The molecule has 2 heterocycles. The average Bonchev–Trinajstić information content (AvgIpc) is 0.865. The van der Waals surface area contributed by atoms with Gasteiger partial charge in [0.05, 0.1) is 0 Å².